The molecule has 3 rings (SSSR count). The highest BCUT2D eigenvalue weighted by atomic mass is 19.3. The highest BCUT2D eigenvalue weighted by molar-refractivity contribution is 5.81. The van der Waals surface area contributed by atoms with E-state index in [1.54, 1.807) is 0 Å². The summed E-state index contributed by atoms with van der Waals surface area (Å²) < 4.78 is 26.8. The number of guanidine groups is 1. The quantitative estimate of drug-likeness (QED) is 0.904. The molecule has 1 aromatic rings. The predicted molar refractivity (Wildman–Crippen MR) is 74.6 cm³/mol. The predicted octanol–water partition coefficient (Wildman–Crippen LogP) is 2.77. The van der Waals surface area contributed by atoms with Gasteiger partial charge in [-0.2, -0.15) is 0 Å². The monoisotopic (exact) mass is 279 g/mol. The second-order valence-corrected chi connectivity index (χ2v) is 5.83. The molecule has 0 amide bonds. The SMILES string of the molecule is NC1=NCC2(CCC(F)(F)CC2)N1Cc1ccccc1. The number of hydrogen-bond donors (Lipinski definition) is 1. The van der Waals surface area contributed by atoms with E-state index in [0.29, 0.717) is 31.9 Å². The molecule has 2 aliphatic rings. The summed E-state index contributed by atoms with van der Waals surface area (Å²) >= 11 is 0. The first-order chi connectivity index (χ1) is 9.51. The van der Waals surface area contributed by atoms with Gasteiger partial charge in [0.15, 0.2) is 5.96 Å². The van der Waals surface area contributed by atoms with E-state index in [1.807, 2.05) is 35.2 Å². The Bertz CT molecular complexity index is 503. The van der Waals surface area contributed by atoms with Gasteiger partial charge in [-0.25, -0.2) is 8.78 Å². The molecular weight excluding hydrogens is 260 g/mol. The summed E-state index contributed by atoms with van der Waals surface area (Å²) in [7, 11) is 0. The Kier molecular flexibility index (Phi) is 3.15. The van der Waals surface area contributed by atoms with Crippen molar-refractivity contribution < 1.29 is 8.78 Å². The van der Waals surface area contributed by atoms with Gasteiger partial charge in [0, 0.05) is 19.4 Å². The Labute approximate surface area is 117 Å². The van der Waals surface area contributed by atoms with Crippen molar-refractivity contribution >= 4 is 5.96 Å². The summed E-state index contributed by atoms with van der Waals surface area (Å²) in [6.45, 7) is 1.18. The zero-order valence-corrected chi connectivity index (χ0v) is 11.4. The maximum Gasteiger partial charge on any atom is 0.248 e. The maximum atomic E-state index is 13.4. The minimum Gasteiger partial charge on any atom is -0.370 e. The van der Waals surface area contributed by atoms with E-state index in [9.17, 15) is 8.78 Å². The van der Waals surface area contributed by atoms with Crippen LogP contribution in [0.3, 0.4) is 0 Å². The van der Waals surface area contributed by atoms with Gasteiger partial charge < -0.3 is 10.6 Å². The van der Waals surface area contributed by atoms with Crippen LogP contribution in [0.1, 0.15) is 31.2 Å². The average Bonchev–Trinajstić information content (AvgIpc) is 2.74. The van der Waals surface area contributed by atoms with Crippen molar-refractivity contribution in [2.45, 2.75) is 43.7 Å². The molecule has 1 spiro atoms. The van der Waals surface area contributed by atoms with Crippen LogP contribution < -0.4 is 5.73 Å². The molecule has 1 aliphatic carbocycles. The second kappa shape index (κ2) is 4.72. The van der Waals surface area contributed by atoms with Gasteiger partial charge in [-0.1, -0.05) is 30.3 Å². The topological polar surface area (TPSA) is 41.6 Å². The molecule has 20 heavy (non-hydrogen) atoms. The van der Waals surface area contributed by atoms with Crippen LogP contribution in [0, 0.1) is 0 Å². The zero-order chi connectivity index (χ0) is 14.2. The minimum absolute atomic E-state index is 0.0684. The zero-order valence-electron chi connectivity index (χ0n) is 11.4. The van der Waals surface area contributed by atoms with E-state index < -0.39 is 5.92 Å². The largest absolute Gasteiger partial charge is 0.370 e. The number of alkyl halides is 2. The third-order valence-corrected chi connectivity index (χ3v) is 4.48. The average molecular weight is 279 g/mol. The van der Waals surface area contributed by atoms with Gasteiger partial charge in [0.2, 0.25) is 5.92 Å². The third kappa shape index (κ3) is 2.37. The number of aliphatic imine (C=N–C) groups is 1. The molecule has 1 fully saturated rings. The van der Waals surface area contributed by atoms with Crippen LogP contribution in [-0.2, 0) is 6.54 Å². The lowest BCUT2D eigenvalue weighted by atomic mass is 9.79. The van der Waals surface area contributed by atoms with Crippen molar-refractivity contribution in [3.63, 3.8) is 0 Å². The van der Waals surface area contributed by atoms with Crippen molar-refractivity contribution in [3.8, 4) is 0 Å². The van der Waals surface area contributed by atoms with Crippen molar-refractivity contribution in [2.75, 3.05) is 6.54 Å². The van der Waals surface area contributed by atoms with Gasteiger partial charge in [0.05, 0.1) is 12.1 Å². The lowest BCUT2D eigenvalue weighted by Gasteiger charge is -2.44. The lowest BCUT2D eigenvalue weighted by molar-refractivity contribution is -0.0666. The summed E-state index contributed by atoms with van der Waals surface area (Å²) in [5.74, 6) is -2.04. The molecule has 0 atom stereocenters. The van der Waals surface area contributed by atoms with E-state index in [0.717, 1.165) is 5.56 Å². The molecule has 1 aromatic carbocycles. The summed E-state index contributed by atoms with van der Waals surface area (Å²) in [6, 6.07) is 9.95. The highest BCUT2D eigenvalue weighted by Crippen LogP contribution is 2.43. The Hall–Kier alpha value is -1.65. The molecule has 0 radical (unpaired) electrons. The number of rotatable bonds is 2. The van der Waals surface area contributed by atoms with E-state index in [2.05, 4.69) is 4.99 Å². The lowest BCUT2D eigenvalue weighted by Crippen LogP contribution is -2.54. The molecule has 1 aliphatic heterocycles. The Morgan fingerprint density at radius 1 is 1.10 bits per heavy atom. The molecule has 1 saturated carbocycles. The molecule has 2 N–H and O–H groups in total. The summed E-state index contributed by atoms with van der Waals surface area (Å²) in [5, 5.41) is 0. The van der Waals surface area contributed by atoms with Crippen LogP contribution in [0.15, 0.2) is 35.3 Å². The highest BCUT2D eigenvalue weighted by Gasteiger charge is 2.49. The van der Waals surface area contributed by atoms with Crippen LogP contribution >= 0.6 is 0 Å². The molecular formula is C15H19F2N3. The summed E-state index contributed by atoms with van der Waals surface area (Å²) in [4.78, 5) is 6.34. The summed E-state index contributed by atoms with van der Waals surface area (Å²) in [5.41, 5.74) is 6.81. The number of benzene rings is 1. The van der Waals surface area contributed by atoms with Gasteiger partial charge in [0.1, 0.15) is 0 Å². The van der Waals surface area contributed by atoms with Crippen molar-refractivity contribution in [1.82, 2.24) is 4.90 Å². The Morgan fingerprint density at radius 2 is 1.75 bits per heavy atom. The third-order valence-electron chi connectivity index (χ3n) is 4.48. The first kappa shape index (κ1) is 13.3. The van der Waals surface area contributed by atoms with E-state index in [-0.39, 0.29) is 18.4 Å². The normalized spacial score (nSPS) is 23.9. The van der Waals surface area contributed by atoms with Crippen molar-refractivity contribution in [1.29, 1.82) is 0 Å². The van der Waals surface area contributed by atoms with Crippen LogP contribution in [0.2, 0.25) is 0 Å². The standard InChI is InChI=1S/C15H19F2N3/c16-15(17)8-6-14(7-9-15)11-19-13(18)20(14)10-12-4-2-1-3-5-12/h1-5H,6-11H2,(H2,18,19). The fourth-order valence-electron chi connectivity index (χ4n) is 3.17. The number of nitrogens with zero attached hydrogens (tertiary/aromatic N) is 2. The summed E-state index contributed by atoms with van der Waals surface area (Å²) in [6.07, 6.45) is 0.774. The van der Waals surface area contributed by atoms with Crippen molar-refractivity contribution in [3.05, 3.63) is 35.9 Å². The van der Waals surface area contributed by atoms with Crippen LogP contribution in [0.4, 0.5) is 8.78 Å². The van der Waals surface area contributed by atoms with E-state index in [1.165, 1.54) is 0 Å². The van der Waals surface area contributed by atoms with Crippen LogP contribution in [0.5, 0.6) is 0 Å². The number of hydrogen-bond acceptors (Lipinski definition) is 3. The molecule has 1 heterocycles. The first-order valence-electron chi connectivity index (χ1n) is 7.00. The fourth-order valence-corrected chi connectivity index (χ4v) is 3.17. The molecule has 3 nitrogen and oxygen atoms in total. The van der Waals surface area contributed by atoms with Gasteiger partial charge in [-0.05, 0) is 18.4 Å². The molecule has 0 aromatic heterocycles. The molecule has 5 heteroatoms. The molecule has 0 bridgehead atoms. The molecule has 108 valence electrons. The first-order valence-corrected chi connectivity index (χ1v) is 7.00. The maximum absolute atomic E-state index is 13.4. The molecule has 0 saturated heterocycles. The van der Waals surface area contributed by atoms with Gasteiger partial charge in [0.25, 0.3) is 0 Å². The smallest absolute Gasteiger partial charge is 0.248 e. The Morgan fingerprint density at radius 3 is 2.40 bits per heavy atom. The van der Waals surface area contributed by atoms with Crippen molar-refractivity contribution in [2.24, 2.45) is 10.7 Å². The van der Waals surface area contributed by atoms with Crippen LogP contribution in [0.25, 0.3) is 0 Å². The molecule has 0 unspecified atom stereocenters. The minimum atomic E-state index is -2.53. The number of nitrogens with two attached hydrogens (primary N) is 1. The fraction of sp³-hybridized carbons (Fsp3) is 0.533. The van der Waals surface area contributed by atoms with Gasteiger partial charge in [-0.3, -0.25) is 4.99 Å². The number of halogens is 2. The van der Waals surface area contributed by atoms with E-state index >= 15 is 0 Å². The van der Waals surface area contributed by atoms with E-state index in [4.69, 9.17) is 5.73 Å². The Balaban J connectivity index is 1.79. The van der Waals surface area contributed by atoms with Gasteiger partial charge in [-0.15, -0.1) is 0 Å². The van der Waals surface area contributed by atoms with Crippen LogP contribution in [-0.4, -0.2) is 28.9 Å². The second-order valence-electron chi connectivity index (χ2n) is 5.83. The van der Waals surface area contributed by atoms with Gasteiger partial charge >= 0.3 is 0 Å².